The first kappa shape index (κ1) is 10.2. The van der Waals surface area contributed by atoms with Gasteiger partial charge in [0.1, 0.15) is 11.6 Å². The number of hydrogen-bond donors (Lipinski definition) is 2. The Kier molecular flexibility index (Phi) is 2.55. The lowest BCUT2D eigenvalue weighted by Gasteiger charge is -2.06. The summed E-state index contributed by atoms with van der Waals surface area (Å²) in [5.74, 6) is 1.39. The molecule has 6 nitrogen and oxygen atoms in total. The minimum absolute atomic E-state index is 0.0428. The second-order valence-electron chi connectivity index (χ2n) is 3.21. The molecule has 2 aromatic rings. The monoisotopic (exact) mass is 217 g/mol. The van der Waals surface area contributed by atoms with Gasteiger partial charge in [0.05, 0.1) is 5.69 Å². The van der Waals surface area contributed by atoms with Crippen LogP contribution in [-0.4, -0.2) is 25.6 Å². The Bertz CT molecular complexity index is 532. The van der Waals surface area contributed by atoms with E-state index in [1.165, 1.54) is 0 Å². The first-order valence-corrected chi connectivity index (χ1v) is 4.67. The average Bonchev–Trinajstić information content (AvgIpc) is 2.77. The largest absolute Gasteiger partial charge is 0.409 e. The molecule has 0 bridgehead atoms. The van der Waals surface area contributed by atoms with Crippen LogP contribution in [0.25, 0.3) is 5.82 Å². The van der Waals surface area contributed by atoms with Crippen molar-refractivity contribution in [3.8, 4) is 5.82 Å². The number of nitrogens with zero attached hydrogens (tertiary/aromatic N) is 4. The zero-order valence-electron chi connectivity index (χ0n) is 8.70. The predicted octanol–water partition coefficient (Wildman–Crippen LogP) is 0.670. The molecule has 0 aromatic carbocycles. The van der Waals surface area contributed by atoms with Crippen molar-refractivity contribution in [3.05, 3.63) is 42.1 Å². The standard InChI is InChI=1S/C10H11N5O/c1-7-12-5-4-9(13-7)15-6-2-3-8(15)10(11)14-16/h2-6,16H,1H3,(H2,11,14). The SMILES string of the molecule is Cc1nccc(-n2cccc2/C(N)=N/O)n1. The van der Waals surface area contributed by atoms with Crippen molar-refractivity contribution in [3.63, 3.8) is 0 Å². The molecule has 2 aromatic heterocycles. The summed E-state index contributed by atoms with van der Waals surface area (Å²) >= 11 is 0. The zero-order valence-corrected chi connectivity index (χ0v) is 8.70. The van der Waals surface area contributed by atoms with E-state index in [-0.39, 0.29) is 5.84 Å². The molecule has 6 heteroatoms. The van der Waals surface area contributed by atoms with Gasteiger partial charge in [0.25, 0.3) is 0 Å². The van der Waals surface area contributed by atoms with Crippen molar-refractivity contribution in [2.75, 3.05) is 0 Å². The minimum Gasteiger partial charge on any atom is -0.409 e. The van der Waals surface area contributed by atoms with Crippen LogP contribution in [0.2, 0.25) is 0 Å². The smallest absolute Gasteiger partial charge is 0.187 e. The first-order valence-electron chi connectivity index (χ1n) is 4.67. The molecule has 0 aliphatic rings. The molecule has 3 N–H and O–H groups in total. The van der Waals surface area contributed by atoms with Crippen LogP contribution in [-0.2, 0) is 0 Å². The van der Waals surface area contributed by atoms with Crippen LogP contribution >= 0.6 is 0 Å². The number of aryl methyl sites for hydroxylation is 1. The molecule has 0 aliphatic carbocycles. The molecule has 0 amide bonds. The van der Waals surface area contributed by atoms with Crippen molar-refractivity contribution in [2.45, 2.75) is 6.92 Å². The van der Waals surface area contributed by atoms with Crippen molar-refractivity contribution < 1.29 is 5.21 Å². The van der Waals surface area contributed by atoms with Crippen LogP contribution in [0.1, 0.15) is 11.5 Å². The second kappa shape index (κ2) is 4.01. The summed E-state index contributed by atoms with van der Waals surface area (Å²) < 4.78 is 1.73. The van der Waals surface area contributed by atoms with Gasteiger partial charge in [-0.2, -0.15) is 0 Å². The van der Waals surface area contributed by atoms with Crippen molar-refractivity contribution in [1.29, 1.82) is 0 Å². The molecule has 16 heavy (non-hydrogen) atoms. The van der Waals surface area contributed by atoms with Crippen LogP contribution in [0.5, 0.6) is 0 Å². The summed E-state index contributed by atoms with van der Waals surface area (Å²) in [6.07, 6.45) is 3.45. The highest BCUT2D eigenvalue weighted by molar-refractivity contribution is 5.96. The molecule has 2 heterocycles. The number of aromatic nitrogens is 3. The fourth-order valence-corrected chi connectivity index (χ4v) is 1.42. The molecule has 0 unspecified atom stereocenters. The van der Waals surface area contributed by atoms with E-state index in [0.29, 0.717) is 17.3 Å². The van der Waals surface area contributed by atoms with Gasteiger partial charge in [-0.25, -0.2) is 9.97 Å². The lowest BCUT2D eigenvalue weighted by atomic mass is 10.4. The van der Waals surface area contributed by atoms with E-state index < -0.39 is 0 Å². The Labute approximate surface area is 92.1 Å². The molecule has 0 saturated heterocycles. The van der Waals surface area contributed by atoms with Gasteiger partial charge in [0.15, 0.2) is 5.84 Å². The zero-order chi connectivity index (χ0) is 11.5. The summed E-state index contributed by atoms with van der Waals surface area (Å²) in [6.45, 7) is 1.80. The van der Waals surface area contributed by atoms with Crippen molar-refractivity contribution in [2.24, 2.45) is 10.9 Å². The summed E-state index contributed by atoms with van der Waals surface area (Å²) in [6, 6.07) is 5.29. The molecule has 0 aliphatic heterocycles. The lowest BCUT2D eigenvalue weighted by Crippen LogP contribution is -2.18. The van der Waals surface area contributed by atoms with E-state index in [4.69, 9.17) is 10.9 Å². The van der Waals surface area contributed by atoms with Gasteiger partial charge in [-0.15, -0.1) is 0 Å². The summed E-state index contributed by atoms with van der Waals surface area (Å²) in [4.78, 5) is 8.26. The molecule has 0 radical (unpaired) electrons. The third-order valence-electron chi connectivity index (χ3n) is 2.13. The number of nitrogens with two attached hydrogens (primary N) is 1. The third-order valence-corrected chi connectivity index (χ3v) is 2.13. The van der Waals surface area contributed by atoms with Gasteiger partial charge in [-0.1, -0.05) is 5.16 Å². The Hall–Kier alpha value is -2.37. The maximum atomic E-state index is 8.65. The van der Waals surface area contributed by atoms with Crippen LogP contribution in [0.15, 0.2) is 35.7 Å². The van der Waals surface area contributed by atoms with Gasteiger partial charge in [0, 0.05) is 12.4 Å². The van der Waals surface area contributed by atoms with Crippen molar-refractivity contribution >= 4 is 5.84 Å². The number of hydrogen-bond acceptors (Lipinski definition) is 4. The normalized spacial score (nSPS) is 11.7. The highest BCUT2D eigenvalue weighted by Crippen LogP contribution is 2.09. The predicted molar refractivity (Wildman–Crippen MR) is 58.6 cm³/mol. The quantitative estimate of drug-likeness (QED) is 0.335. The molecule has 0 atom stereocenters. The van der Waals surface area contributed by atoms with E-state index in [1.54, 1.807) is 42.1 Å². The Morgan fingerprint density at radius 2 is 2.31 bits per heavy atom. The maximum Gasteiger partial charge on any atom is 0.187 e. The number of oxime groups is 1. The van der Waals surface area contributed by atoms with E-state index in [9.17, 15) is 0 Å². The van der Waals surface area contributed by atoms with Gasteiger partial charge in [-0.3, -0.25) is 4.57 Å². The van der Waals surface area contributed by atoms with Gasteiger partial charge < -0.3 is 10.9 Å². The minimum atomic E-state index is 0.0428. The topological polar surface area (TPSA) is 89.3 Å². The highest BCUT2D eigenvalue weighted by atomic mass is 16.4. The average molecular weight is 217 g/mol. The van der Waals surface area contributed by atoms with Crippen LogP contribution in [0.3, 0.4) is 0 Å². The fourth-order valence-electron chi connectivity index (χ4n) is 1.42. The summed E-state index contributed by atoms with van der Waals surface area (Å²) in [7, 11) is 0. The summed E-state index contributed by atoms with van der Waals surface area (Å²) in [5, 5.41) is 11.6. The Balaban J connectivity index is 2.53. The number of amidine groups is 1. The Morgan fingerprint density at radius 1 is 1.50 bits per heavy atom. The van der Waals surface area contributed by atoms with Crippen molar-refractivity contribution in [1.82, 2.24) is 14.5 Å². The molecule has 0 fully saturated rings. The van der Waals surface area contributed by atoms with Gasteiger partial charge in [0.2, 0.25) is 0 Å². The molecular formula is C10H11N5O. The maximum absolute atomic E-state index is 8.65. The van der Waals surface area contributed by atoms with Crippen LogP contribution < -0.4 is 5.73 Å². The van der Waals surface area contributed by atoms with E-state index in [1.807, 2.05) is 0 Å². The lowest BCUT2D eigenvalue weighted by molar-refractivity contribution is 0.318. The van der Waals surface area contributed by atoms with Gasteiger partial charge >= 0.3 is 0 Å². The van der Waals surface area contributed by atoms with E-state index >= 15 is 0 Å². The molecule has 2 rings (SSSR count). The fraction of sp³-hybridized carbons (Fsp3) is 0.100. The van der Waals surface area contributed by atoms with E-state index in [0.717, 1.165) is 0 Å². The first-order chi connectivity index (χ1) is 7.72. The van der Waals surface area contributed by atoms with Gasteiger partial charge in [-0.05, 0) is 25.1 Å². The number of rotatable bonds is 2. The van der Waals surface area contributed by atoms with Crippen LogP contribution in [0.4, 0.5) is 0 Å². The molecule has 0 spiro atoms. The van der Waals surface area contributed by atoms with Crippen LogP contribution in [0, 0.1) is 6.92 Å². The Morgan fingerprint density at radius 3 is 3.00 bits per heavy atom. The third kappa shape index (κ3) is 1.72. The summed E-state index contributed by atoms with van der Waals surface area (Å²) in [5.41, 5.74) is 6.13. The van der Waals surface area contributed by atoms with E-state index in [2.05, 4.69) is 15.1 Å². The highest BCUT2D eigenvalue weighted by Gasteiger charge is 2.08. The molecular weight excluding hydrogens is 206 g/mol. The molecule has 82 valence electrons. The second-order valence-corrected chi connectivity index (χ2v) is 3.21. The molecule has 0 saturated carbocycles.